The normalized spacial score (nSPS) is 11.4. The van der Waals surface area contributed by atoms with Crippen molar-refractivity contribution in [3.05, 3.63) is 42.2 Å². The topological polar surface area (TPSA) is 42.1 Å². The van der Waals surface area contributed by atoms with Gasteiger partial charge in [-0.25, -0.2) is 0 Å². The van der Waals surface area contributed by atoms with E-state index in [1.807, 2.05) is 30.6 Å². The number of nitrogens with zero attached hydrogens (tertiary/aromatic N) is 2. The maximum absolute atomic E-state index is 5.35. The summed E-state index contributed by atoms with van der Waals surface area (Å²) in [5, 5.41) is 0. The van der Waals surface area contributed by atoms with Crippen LogP contribution in [-0.4, -0.2) is 30.0 Å². The zero-order valence-electron chi connectivity index (χ0n) is 8.56. The average molecular weight is 191 g/mol. The molecule has 0 aliphatic heterocycles. The SMILES string of the molecule is CN(CC=CCN)Cc1ccncc1. The van der Waals surface area contributed by atoms with Gasteiger partial charge < -0.3 is 5.73 Å². The van der Waals surface area contributed by atoms with Gasteiger partial charge in [0.2, 0.25) is 0 Å². The molecule has 0 aromatic carbocycles. The number of hydrogen-bond acceptors (Lipinski definition) is 3. The first kappa shape index (κ1) is 10.9. The van der Waals surface area contributed by atoms with E-state index in [0.717, 1.165) is 13.1 Å². The predicted molar refractivity (Wildman–Crippen MR) is 58.8 cm³/mol. The summed E-state index contributed by atoms with van der Waals surface area (Å²) in [5.41, 5.74) is 6.63. The first-order chi connectivity index (χ1) is 6.83. The molecule has 14 heavy (non-hydrogen) atoms. The first-order valence-electron chi connectivity index (χ1n) is 4.75. The molecule has 1 heterocycles. The molecule has 3 heteroatoms. The van der Waals surface area contributed by atoms with E-state index < -0.39 is 0 Å². The zero-order valence-corrected chi connectivity index (χ0v) is 8.56. The quantitative estimate of drug-likeness (QED) is 0.707. The lowest BCUT2D eigenvalue weighted by molar-refractivity contribution is 0.363. The average Bonchev–Trinajstić information content (AvgIpc) is 2.20. The first-order valence-corrected chi connectivity index (χ1v) is 4.75. The van der Waals surface area contributed by atoms with Gasteiger partial charge in [-0.15, -0.1) is 0 Å². The van der Waals surface area contributed by atoms with Gasteiger partial charge in [0.05, 0.1) is 0 Å². The third kappa shape index (κ3) is 4.16. The number of likely N-dealkylation sites (N-methyl/N-ethyl adjacent to an activating group) is 1. The van der Waals surface area contributed by atoms with E-state index in [1.54, 1.807) is 0 Å². The van der Waals surface area contributed by atoms with Crippen LogP contribution in [-0.2, 0) is 6.54 Å². The smallest absolute Gasteiger partial charge is 0.0271 e. The molecule has 0 radical (unpaired) electrons. The Morgan fingerprint density at radius 1 is 1.36 bits per heavy atom. The Balaban J connectivity index is 2.34. The van der Waals surface area contributed by atoms with Crippen LogP contribution < -0.4 is 5.73 Å². The summed E-state index contributed by atoms with van der Waals surface area (Å²) < 4.78 is 0. The van der Waals surface area contributed by atoms with Crippen molar-refractivity contribution < 1.29 is 0 Å². The maximum atomic E-state index is 5.35. The summed E-state index contributed by atoms with van der Waals surface area (Å²) in [6.45, 7) is 2.49. The van der Waals surface area contributed by atoms with E-state index in [1.165, 1.54) is 5.56 Å². The number of rotatable bonds is 5. The molecular formula is C11H17N3. The van der Waals surface area contributed by atoms with Crippen LogP contribution in [0.15, 0.2) is 36.7 Å². The Hall–Kier alpha value is -1.19. The fourth-order valence-corrected chi connectivity index (χ4v) is 1.22. The van der Waals surface area contributed by atoms with Crippen molar-refractivity contribution >= 4 is 0 Å². The van der Waals surface area contributed by atoms with Crippen molar-refractivity contribution in [1.82, 2.24) is 9.88 Å². The second-order valence-electron chi connectivity index (χ2n) is 3.26. The molecule has 1 aromatic rings. The molecule has 2 N–H and O–H groups in total. The van der Waals surface area contributed by atoms with Crippen molar-refractivity contribution in [1.29, 1.82) is 0 Å². The number of hydrogen-bond donors (Lipinski definition) is 1. The van der Waals surface area contributed by atoms with E-state index in [2.05, 4.69) is 23.0 Å². The zero-order chi connectivity index (χ0) is 10.2. The molecule has 0 aliphatic rings. The van der Waals surface area contributed by atoms with Crippen LogP contribution in [0.3, 0.4) is 0 Å². The van der Waals surface area contributed by atoms with Crippen LogP contribution >= 0.6 is 0 Å². The molecule has 0 saturated carbocycles. The van der Waals surface area contributed by atoms with Gasteiger partial charge in [0.15, 0.2) is 0 Å². The van der Waals surface area contributed by atoms with Gasteiger partial charge >= 0.3 is 0 Å². The Morgan fingerprint density at radius 2 is 2.07 bits per heavy atom. The van der Waals surface area contributed by atoms with E-state index in [9.17, 15) is 0 Å². The summed E-state index contributed by atoms with van der Waals surface area (Å²) in [5.74, 6) is 0. The highest BCUT2D eigenvalue weighted by Crippen LogP contribution is 2.00. The minimum atomic E-state index is 0.614. The lowest BCUT2D eigenvalue weighted by atomic mass is 10.2. The van der Waals surface area contributed by atoms with Gasteiger partial charge in [-0.05, 0) is 24.7 Å². The second kappa shape index (κ2) is 6.29. The Kier molecular flexibility index (Phi) is 4.89. The largest absolute Gasteiger partial charge is 0.327 e. The van der Waals surface area contributed by atoms with Crippen LogP contribution in [0.25, 0.3) is 0 Å². The highest BCUT2D eigenvalue weighted by Gasteiger charge is 1.96. The van der Waals surface area contributed by atoms with Gasteiger partial charge in [-0.1, -0.05) is 12.2 Å². The fourth-order valence-electron chi connectivity index (χ4n) is 1.22. The Labute approximate surface area is 85.3 Å². The molecule has 76 valence electrons. The van der Waals surface area contributed by atoms with Crippen molar-refractivity contribution in [3.63, 3.8) is 0 Å². The summed E-state index contributed by atoms with van der Waals surface area (Å²) in [6, 6.07) is 4.06. The predicted octanol–water partition coefficient (Wildman–Crippen LogP) is 1.03. The molecule has 0 unspecified atom stereocenters. The third-order valence-corrected chi connectivity index (χ3v) is 1.92. The van der Waals surface area contributed by atoms with Gasteiger partial charge in [0.25, 0.3) is 0 Å². The molecule has 0 aliphatic carbocycles. The van der Waals surface area contributed by atoms with Gasteiger partial charge in [0.1, 0.15) is 0 Å². The molecule has 1 aromatic heterocycles. The van der Waals surface area contributed by atoms with Crippen molar-refractivity contribution in [2.75, 3.05) is 20.1 Å². The summed E-state index contributed by atoms with van der Waals surface area (Å²) in [6.07, 6.45) is 7.70. The maximum Gasteiger partial charge on any atom is 0.0271 e. The van der Waals surface area contributed by atoms with E-state index in [-0.39, 0.29) is 0 Å². The second-order valence-corrected chi connectivity index (χ2v) is 3.26. The van der Waals surface area contributed by atoms with Crippen molar-refractivity contribution in [2.45, 2.75) is 6.54 Å². The van der Waals surface area contributed by atoms with Gasteiger partial charge in [0, 0.05) is 32.0 Å². The van der Waals surface area contributed by atoms with Crippen LogP contribution in [0.5, 0.6) is 0 Å². The van der Waals surface area contributed by atoms with Crippen molar-refractivity contribution in [3.8, 4) is 0 Å². The summed E-state index contributed by atoms with van der Waals surface area (Å²) in [4.78, 5) is 6.20. The minimum Gasteiger partial charge on any atom is -0.327 e. The number of aromatic nitrogens is 1. The van der Waals surface area contributed by atoms with Crippen LogP contribution in [0, 0.1) is 0 Å². The highest BCUT2D eigenvalue weighted by molar-refractivity contribution is 5.09. The Bertz CT molecular complexity index is 269. The molecule has 0 saturated heterocycles. The molecule has 3 nitrogen and oxygen atoms in total. The number of pyridine rings is 1. The molecule has 0 amide bonds. The standard InChI is InChI=1S/C11H17N3/c1-14(9-3-2-6-12)10-11-4-7-13-8-5-11/h2-5,7-8H,6,9-10,12H2,1H3. The third-order valence-electron chi connectivity index (χ3n) is 1.92. The molecular weight excluding hydrogens is 174 g/mol. The summed E-state index contributed by atoms with van der Waals surface area (Å²) >= 11 is 0. The van der Waals surface area contributed by atoms with Crippen molar-refractivity contribution in [2.24, 2.45) is 5.73 Å². The highest BCUT2D eigenvalue weighted by atomic mass is 15.1. The molecule has 1 rings (SSSR count). The lowest BCUT2D eigenvalue weighted by Gasteiger charge is -2.13. The van der Waals surface area contributed by atoms with E-state index >= 15 is 0 Å². The molecule has 0 atom stereocenters. The van der Waals surface area contributed by atoms with E-state index in [0.29, 0.717) is 6.54 Å². The monoisotopic (exact) mass is 191 g/mol. The van der Waals surface area contributed by atoms with Crippen LogP contribution in [0.2, 0.25) is 0 Å². The van der Waals surface area contributed by atoms with E-state index in [4.69, 9.17) is 5.73 Å². The summed E-state index contributed by atoms with van der Waals surface area (Å²) in [7, 11) is 2.08. The fraction of sp³-hybridized carbons (Fsp3) is 0.364. The lowest BCUT2D eigenvalue weighted by Crippen LogP contribution is -2.17. The van der Waals surface area contributed by atoms with Crippen LogP contribution in [0.1, 0.15) is 5.56 Å². The Morgan fingerprint density at radius 3 is 2.71 bits per heavy atom. The number of nitrogens with two attached hydrogens (primary N) is 1. The van der Waals surface area contributed by atoms with Gasteiger partial charge in [-0.2, -0.15) is 0 Å². The molecule has 0 spiro atoms. The minimum absolute atomic E-state index is 0.614. The van der Waals surface area contributed by atoms with Crippen LogP contribution in [0.4, 0.5) is 0 Å². The van der Waals surface area contributed by atoms with Gasteiger partial charge in [-0.3, -0.25) is 9.88 Å². The molecule has 0 fully saturated rings. The molecule has 0 bridgehead atoms.